The normalized spacial score (nSPS) is 11.7. The van der Waals surface area contributed by atoms with Crippen LogP contribution >= 0.6 is 11.3 Å². The van der Waals surface area contributed by atoms with Crippen LogP contribution in [0.25, 0.3) is 0 Å². The van der Waals surface area contributed by atoms with Crippen molar-refractivity contribution < 1.29 is 14.7 Å². The molecule has 0 fully saturated rings. The SMILES string of the molecule is CC(=O)c1sc(NCC(C)(C)N(C)C)nc1C(=O)O. The minimum atomic E-state index is -1.18. The van der Waals surface area contributed by atoms with Crippen LogP contribution in [0.15, 0.2) is 0 Å². The van der Waals surface area contributed by atoms with E-state index in [0.29, 0.717) is 11.7 Å². The zero-order valence-electron chi connectivity index (χ0n) is 11.8. The minimum absolute atomic E-state index is 0.106. The monoisotopic (exact) mass is 285 g/mol. The van der Waals surface area contributed by atoms with Gasteiger partial charge in [-0.15, -0.1) is 0 Å². The summed E-state index contributed by atoms with van der Waals surface area (Å²) in [5.41, 5.74) is -0.284. The first-order valence-corrected chi connectivity index (χ1v) is 6.63. The molecule has 0 aromatic carbocycles. The number of carboxylic acid groups (broad SMARTS) is 1. The quantitative estimate of drug-likeness (QED) is 0.775. The van der Waals surface area contributed by atoms with Crippen LogP contribution in [0.5, 0.6) is 0 Å². The van der Waals surface area contributed by atoms with Crippen molar-refractivity contribution in [2.24, 2.45) is 0 Å². The number of Topliss-reactive ketones (excluding diaryl/α,β-unsaturated/α-hetero) is 1. The zero-order chi connectivity index (χ0) is 14.8. The number of hydrogen-bond donors (Lipinski definition) is 2. The van der Waals surface area contributed by atoms with Crippen molar-refractivity contribution in [2.75, 3.05) is 26.0 Å². The van der Waals surface area contributed by atoms with Crippen molar-refractivity contribution >= 4 is 28.2 Å². The van der Waals surface area contributed by atoms with Crippen LogP contribution in [-0.4, -0.2) is 52.9 Å². The van der Waals surface area contributed by atoms with Gasteiger partial charge in [-0.2, -0.15) is 0 Å². The van der Waals surface area contributed by atoms with E-state index in [0.717, 1.165) is 11.3 Å². The Morgan fingerprint density at radius 2 is 2.00 bits per heavy atom. The summed E-state index contributed by atoms with van der Waals surface area (Å²) in [6, 6.07) is 0. The topological polar surface area (TPSA) is 82.5 Å². The molecule has 1 rings (SSSR count). The molecule has 0 aliphatic rings. The van der Waals surface area contributed by atoms with E-state index in [9.17, 15) is 9.59 Å². The standard InChI is InChI=1S/C12H19N3O3S/c1-7(16)9-8(10(17)18)14-11(19-9)13-6-12(2,3)15(4)5/h6H2,1-5H3,(H,13,14)(H,17,18). The molecular weight excluding hydrogens is 266 g/mol. The van der Waals surface area contributed by atoms with E-state index in [2.05, 4.69) is 29.0 Å². The maximum Gasteiger partial charge on any atom is 0.356 e. The number of carbonyl (C=O) groups is 2. The lowest BCUT2D eigenvalue weighted by Crippen LogP contribution is -2.44. The minimum Gasteiger partial charge on any atom is -0.476 e. The lowest BCUT2D eigenvalue weighted by atomic mass is 10.1. The molecule has 0 radical (unpaired) electrons. The Kier molecular flexibility index (Phi) is 4.65. The summed E-state index contributed by atoms with van der Waals surface area (Å²) in [6.07, 6.45) is 0. The third kappa shape index (κ3) is 3.74. The van der Waals surface area contributed by atoms with E-state index in [1.54, 1.807) is 0 Å². The second-order valence-electron chi connectivity index (χ2n) is 5.12. The molecule has 0 spiro atoms. The molecule has 7 heteroatoms. The van der Waals surface area contributed by atoms with Gasteiger partial charge in [-0.25, -0.2) is 9.78 Å². The van der Waals surface area contributed by atoms with E-state index in [4.69, 9.17) is 5.11 Å². The average molecular weight is 285 g/mol. The van der Waals surface area contributed by atoms with Gasteiger partial charge in [0.15, 0.2) is 16.6 Å². The molecule has 106 valence electrons. The van der Waals surface area contributed by atoms with Crippen molar-refractivity contribution in [3.8, 4) is 0 Å². The van der Waals surface area contributed by atoms with Gasteiger partial charge in [-0.1, -0.05) is 11.3 Å². The van der Waals surface area contributed by atoms with Gasteiger partial charge in [0.2, 0.25) is 0 Å². The maximum absolute atomic E-state index is 11.4. The fourth-order valence-corrected chi connectivity index (χ4v) is 2.08. The molecule has 0 bridgehead atoms. The average Bonchev–Trinajstić information content (AvgIpc) is 2.70. The smallest absolute Gasteiger partial charge is 0.356 e. The molecular formula is C12H19N3O3S. The van der Waals surface area contributed by atoms with E-state index >= 15 is 0 Å². The van der Waals surface area contributed by atoms with Gasteiger partial charge in [-0.3, -0.25) is 4.79 Å². The molecule has 0 saturated carbocycles. The second kappa shape index (κ2) is 5.66. The third-order valence-electron chi connectivity index (χ3n) is 3.03. The number of hydrogen-bond acceptors (Lipinski definition) is 6. The van der Waals surface area contributed by atoms with Crippen molar-refractivity contribution in [3.63, 3.8) is 0 Å². The molecule has 1 aromatic heterocycles. The van der Waals surface area contributed by atoms with E-state index in [-0.39, 0.29) is 21.9 Å². The summed E-state index contributed by atoms with van der Waals surface area (Å²) in [4.78, 5) is 28.6. The maximum atomic E-state index is 11.4. The van der Waals surface area contributed by atoms with Gasteiger partial charge in [0.1, 0.15) is 4.88 Å². The highest BCUT2D eigenvalue weighted by molar-refractivity contribution is 7.17. The number of nitrogens with one attached hydrogen (secondary N) is 1. The number of rotatable bonds is 6. The molecule has 0 aliphatic heterocycles. The summed E-state index contributed by atoms with van der Waals surface area (Å²) in [6.45, 7) is 6.05. The number of aromatic nitrogens is 1. The van der Waals surface area contributed by atoms with Crippen molar-refractivity contribution in [1.82, 2.24) is 9.88 Å². The van der Waals surface area contributed by atoms with Gasteiger partial charge in [0, 0.05) is 19.0 Å². The highest BCUT2D eigenvalue weighted by Crippen LogP contribution is 2.24. The molecule has 1 aromatic rings. The van der Waals surface area contributed by atoms with Gasteiger partial charge >= 0.3 is 5.97 Å². The number of carbonyl (C=O) groups excluding carboxylic acids is 1. The van der Waals surface area contributed by atoms with Crippen LogP contribution in [0, 0.1) is 0 Å². The molecule has 19 heavy (non-hydrogen) atoms. The molecule has 6 nitrogen and oxygen atoms in total. The predicted molar refractivity (Wildman–Crippen MR) is 75.3 cm³/mol. The lowest BCUT2D eigenvalue weighted by molar-refractivity contribution is 0.0687. The Balaban J connectivity index is 2.89. The number of thiazole rings is 1. The molecule has 2 N–H and O–H groups in total. The number of aromatic carboxylic acids is 1. The third-order valence-corrected chi connectivity index (χ3v) is 4.15. The number of carboxylic acids is 1. The Labute approximate surface area is 116 Å². The Bertz CT molecular complexity index is 463. The summed E-state index contributed by atoms with van der Waals surface area (Å²) >= 11 is 1.08. The fourth-order valence-electron chi connectivity index (χ4n) is 1.23. The van der Waals surface area contributed by atoms with Crippen LogP contribution in [-0.2, 0) is 0 Å². The summed E-state index contributed by atoms with van der Waals surface area (Å²) in [5, 5.41) is 12.5. The van der Waals surface area contributed by atoms with Crippen LogP contribution in [0.4, 0.5) is 5.13 Å². The molecule has 0 saturated heterocycles. The van der Waals surface area contributed by atoms with Gasteiger partial charge < -0.3 is 15.3 Å². The highest BCUT2D eigenvalue weighted by Gasteiger charge is 2.23. The number of ketones is 1. The van der Waals surface area contributed by atoms with Gasteiger partial charge in [-0.05, 0) is 27.9 Å². The fraction of sp³-hybridized carbons (Fsp3) is 0.583. The van der Waals surface area contributed by atoms with Crippen molar-refractivity contribution in [3.05, 3.63) is 10.6 Å². The number of nitrogens with zero attached hydrogens (tertiary/aromatic N) is 2. The Hall–Kier alpha value is -1.47. The summed E-state index contributed by atoms with van der Waals surface area (Å²) in [7, 11) is 3.93. The van der Waals surface area contributed by atoms with Crippen molar-refractivity contribution in [2.45, 2.75) is 26.3 Å². The predicted octanol–water partition coefficient (Wildman–Crippen LogP) is 1.80. The van der Waals surface area contributed by atoms with Crippen LogP contribution < -0.4 is 5.32 Å². The van der Waals surface area contributed by atoms with E-state index in [1.165, 1.54) is 6.92 Å². The molecule has 0 atom stereocenters. The number of anilines is 1. The van der Waals surface area contributed by atoms with Crippen LogP contribution in [0.3, 0.4) is 0 Å². The number of likely N-dealkylation sites (N-methyl/N-ethyl adjacent to an activating group) is 1. The zero-order valence-corrected chi connectivity index (χ0v) is 12.6. The Morgan fingerprint density at radius 3 is 2.37 bits per heavy atom. The highest BCUT2D eigenvalue weighted by atomic mass is 32.1. The molecule has 0 aliphatic carbocycles. The first kappa shape index (κ1) is 15.6. The van der Waals surface area contributed by atoms with Crippen LogP contribution in [0.2, 0.25) is 0 Å². The van der Waals surface area contributed by atoms with Crippen molar-refractivity contribution in [1.29, 1.82) is 0 Å². The summed E-state index contributed by atoms with van der Waals surface area (Å²) in [5.74, 6) is -1.46. The lowest BCUT2D eigenvalue weighted by Gasteiger charge is -2.32. The largest absolute Gasteiger partial charge is 0.476 e. The van der Waals surface area contributed by atoms with Crippen LogP contribution in [0.1, 0.15) is 40.9 Å². The Morgan fingerprint density at radius 1 is 1.42 bits per heavy atom. The first-order chi connectivity index (χ1) is 8.65. The molecule has 0 amide bonds. The first-order valence-electron chi connectivity index (χ1n) is 5.81. The van der Waals surface area contributed by atoms with E-state index in [1.807, 2.05) is 14.1 Å². The second-order valence-corrected chi connectivity index (χ2v) is 6.12. The molecule has 0 unspecified atom stereocenters. The van der Waals surface area contributed by atoms with E-state index < -0.39 is 5.97 Å². The van der Waals surface area contributed by atoms with Gasteiger partial charge in [0.25, 0.3) is 0 Å². The molecule has 1 heterocycles. The summed E-state index contributed by atoms with van der Waals surface area (Å²) < 4.78 is 0. The van der Waals surface area contributed by atoms with Gasteiger partial charge in [0.05, 0.1) is 0 Å².